The van der Waals surface area contributed by atoms with E-state index in [2.05, 4.69) is 20.8 Å². The van der Waals surface area contributed by atoms with E-state index >= 15 is 0 Å². The third-order valence-electron chi connectivity index (χ3n) is 4.85. The molecule has 1 aliphatic heterocycles. The molecular formula is C20H20FN5O2. The second-order valence-corrected chi connectivity index (χ2v) is 6.61. The number of carbonyl (C=O) groups excluding carboxylic acids is 1. The largest absolute Gasteiger partial charge is 0.394 e. The predicted molar refractivity (Wildman–Crippen MR) is 104 cm³/mol. The summed E-state index contributed by atoms with van der Waals surface area (Å²) in [6.45, 7) is 1.59. The van der Waals surface area contributed by atoms with E-state index in [1.165, 1.54) is 12.1 Å². The minimum absolute atomic E-state index is 0.115. The number of halogens is 1. The lowest BCUT2D eigenvalue weighted by atomic mass is 10.0. The van der Waals surface area contributed by atoms with E-state index in [0.29, 0.717) is 31.1 Å². The van der Waals surface area contributed by atoms with Gasteiger partial charge in [-0.3, -0.25) is 5.32 Å². The van der Waals surface area contributed by atoms with Gasteiger partial charge in [0, 0.05) is 36.0 Å². The highest BCUT2D eigenvalue weighted by Crippen LogP contribution is 2.30. The lowest BCUT2D eigenvalue weighted by molar-refractivity contribution is 0.124. The van der Waals surface area contributed by atoms with Crippen LogP contribution in [0.1, 0.15) is 0 Å². The Hall–Kier alpha value is -3.10. The molecule has 8 heteroatoms. The van der Waals surface area contributed by atoms with Gasteiger partial charge in [0.2, 0.25) is 0 Å². The fraction of sp³-hybridized carbons (Fsp3) is 0.250. The van der Waals surface area contributed by atoms with Crippen molar-refractivity contribution in [2.24, 2.45) is 0 Å². The number of hydrogen-bond donors (Lipinski definition) is 3. The fourth-order valence-electron chi connectivity index (χ4n) is 3.38. The maximum atomic E-state index is 13.3. The number of rotatable bonds is 3. The summed E-state index contributed by atoms with van der Waals surface area (Å²) < 4.78 is 13.3. The molecule has 1 atom stereocenters. The third kappa shape index (κ3) is 3.51. The van der Waals surface area contributed by atoms with Crippen LogP contribution in [0.3, 0.4) is 0 Å². The van der Waals surface area contributed by atoms with E-state index in [4.69, 9.17) is 0 Å². The van der Waals surface area contributed by atoms with E-state index in [9.17, 15) is 14.3 Å². The first-order chi connectivity index (χ1) is 13.7. The SMILES string of the molecule is O=C(Nc1nnc(-c2ccc(F)cc2)c2ccccc12)N1CCNCC1CO. The first kappa shape index (κ1) is 18.3. The van der Waals surface area contributed by atoms with Crippen molar-refractivity contribution < 1.29 is 14.3 Å². The summed E-state index contributed by atoms with van der Waals surface area (Å²) >= 11 is 0. The molecule has 0 radical (unpaired) electrons. The van der Waals surface area contributed by atoms with E-state index in [0.717, 1.165) is 16.3 Å². The minimum Gasteiger partial charge on any atom is -0.394 e. The first-order valence-electron chi connectivity index (χ1n) is 9.08. The molecule has 1 aromatic heterocycles. The lowest BCUT2D eigenvalue weighted by Crippen LogP contribution is -2.56. The second kappa shape index (κ2) is 7.87. The number of carbonyl (C=O) groups is 1. The molecule has 4 rings (SSSR count). The highest BCUT2D eigenvalue weighted by atomic mass is 19.1. The van der Waals surface area contributed by atoms with E-state index < -0.39 is 0 Å². The van der Waals surface area contributed by atoms with Crippen LogP contribution in [-0.4, -0.2) is 58.5 Å². The van der Waals surface area contributed by atoms with Crippen LogP contribution in [-0.2, 0) is 0 Å². The molecule has 3 N–H and O–H groups in total. The lowest BCUT2D eigenvalue weighted by Gasteiger charge is -2.34. The fourth-order valence-corrected chi connectivity index (χ4v) is 3.38. The highest BCUT2D eigenvalue weighted by molar-refractivity contribution is 6.04. The van der Waals surface area contributed by atoms with Gasteiger partial charge in [-0.05, 0) is 24.3 Å². The van der Waals surface area contributed by atoms with Crippen LogP contribution in [0.2, 0.25) is 0 Å². The molecule has 0 bridgehead atoms. The standard InChI is InChI=1S/C20H20FN5O2/c21-14-7-5-13(6-8-14)18-16-3-1-2-4-17(16)19(25-24-18)23-20(28)26-10-9-22-11-15(26)12-27/h1-8,15,22,27H,9-12H2,(H,23,25,28). The smallest absolute Gasteiger partial charge is 0.323 e. The number of aliphatic hydroxyl groups is 1. The Morgan fingerprint density at radius 3 is 2.68 bits per heavy atom. The number of nitrogens with zero attached hydrogens (tertiary/aromatic N) is 3. The van der Waals surface area contributed by atoms with Gasteiger partial charge in [-0.15, -0.1) is 10.2 Å². The topological polar surface area (TPSA) is 90.4 Å². The molecule has 2 amide bonds. The van der Waals surface area contributed by atoms with E-state index in [1.54, 1.807) is 17.0 Å². The predicted octanol–water partition coefficient (Wildman–Crippen LogP) is 2.23. The van der Waals surface area contributed by atoms with Gasteiger partial charge in [0.1, 0.15) is 11.5 Å². The number of aromatic nitrogens is 2. The van der Waals surface area contributed by atoms with Crippen molar-refractivity contribution >= 4 is 22.6 Å². The van der Waals surface area contributed by atoms with Crippen molar-refractivity contribution in [2.45, 2.75) is 6.04 Å². The Labute approximate surface area is 161 Å². The van der Waals surface area contributed by atoms with Crippen LogP contribution >= 0.6 is 0 Å². The van der Waals surface area contributed by atoms with Crippen molar-refractivity contribution in [2.75, 3.05) is 31.6 Å². The number of anilines is 1. The number of piperazine rings is 1. The Bertz CT molecular complexity index is 996. The van der Waals surface area contributed by atoms with E-state index in [1.807, 2.05) is 24.3 Å². The number of urea groups is 1. The summed E-state index contributed by atoms with van der Waals surface area (Å²) in [5, 5.41) is 25.5. The summed E-state index contributed by atoms with van der Waals surface area (Å²) in [5.74, 6) is 0.0287. The number of amides is 2. The van der Waals surface area contributed by atoms with Crippen LogP contribution in [0.4, 0.5) is 15.0 Å². The summed E-state index contributed by atoms with van der Waals surface area (Å²) in [6, 6.07) is 12.9. The Morgan fingerprint density at radius 1 is 1.18 bits per heavy atom. The van der Waals surface area contributed by atoms with Crippen molar-refractivity contribution in [3.8, 4) is 11.3 Å². The molecular weight excluding hydrogens is 361 g/mol. The van der Waals surface area contributed by atoms with Gasteiger partial charge in [0.25, 0.3) is 0 Å². The summed E-state index contributed by atoms with van der Waals surface area (Å²) in [4.78, 5) is 14.3. The Kier molecular flexibility index (Phi) is 5.14. The molecule has 0 saturated carbocycles. The molecule has 0 spiro atoms. The molecule has 28 heavy (non-hydrogen) atoms. The molecule has 2 aromatic carbocycles. The zero-order valence-corrected chi connectivity index (χ0v) is 15.1. The van der Waals surface area contributed by atoms with E-state index in [-0.39, 0.29) is 24.5 Å². The van der Waals surface area contributed by atoms with Crippen LogP contribution < -0.4 is 10.6 Å². The van der Waals surface area contributed by atoms with Gasteiger partial charge in [0.05, 0.1) is 12.6 Å². The number of hydrogen-bond acceptors (Lipinski definition) is 5. The zero-order valence-electron chi connectivity index (χ0n) is 15.1. The second-order valence-electron chi connectivity index (χ2n) is 6.61. The van der Waals surface area contributed by atoms with Gasteiger partial charge in [-0.1, -0.05) is 24.3 Å². The van der Waals surface area contributed by atoms with Crippen LogP contribution in [0.25, 0.3) is 22.0 Å². The number of fused-ring (bicyclic) bond motifs is 1. The average molecular weight is 381 g/mol. The van der Waals surface area contributed by atoms with Crippen molar-refractivity contribution in [1.29, 1.82) is 0 Å². The Balaban J connectivity index is 1.68. The van der Waals surface area contributed by atoms with Gasteiger partial charge in [-0.25, -0.2) is 9.18 Å². The van der Waals surface area contributed by atoms with Crippen molar-refractivity contribution in [3.63, 3.8) is 0 Å². The maximum absolute atomic E-state index is 13.3. The van der Waals surface area contributed by atoms with Crippen molar-refractivity contribution in [3.05, 3.63) is 54.3 Å². The summed E-state index contributed by atoms with van der Waals surface area (Å²) in [7, 11) is 0. The normalized spacial score (nSPS) is 16.9. The van der Waals surface area contributed by atoms with Gasteiger partial charge >= 0.3 is 6.03 Å². The van der Waals surface area contributed by atoms with Crippen LogP contribution in [0.5, 0.6) is 0 Å². The summed E-state index contributed by atoms with van der Waals surface area (Å²) in [5.41, 5.74) is 1.36. The van der Waals surface area contributed by atoms with Gasteiger partial charge in [0.15, 0.2) is 5.82 Å². The molecule has 7 nitrogen and oxygen atoms in total. The highest BCUT2D eigenvalue weighted by Gasteiger charge is 2.26. The molecule has 2 heterocycles. The van der Waals surface area contributed by atoms with Crippen LogP contribution in [0.15, 0.2) is 48.5 Å². The third-order valence-corrected chi connectivity index (χ3v) is 4.85. The van der Waals surface area contributed by atoms with Gasteiger partial charge < -0.3 is 15.3 Å². The van der Waals surface area contributed by atoms with Crippen molar-refractivity contribution in [1.82, 2.24) is 20.4 Å². The number of aliphatic hydroxyl groups excluding tert-OH is 1. The Morgan fingerprint density at radius 2 is 1.93 bits per heavy atom. The molecule has 3 aromatic rings. The molecule has 1 fully saturated rings. The zero-order chi connectivity index (χ0) is 19.5. The monoisotopic (exact) mass is 381 g/mol. The first-order valence-corrected chi connectivity index (χ1v) is 9.08. The summed E-state index contributed by atoms with van der Waals surface area (Å²) in [6.07, 6.45) is 0. The number of nitrogens with one attached hydrogen (secondary N) is 2. The molecule has 1 saturated heterocycles. The van der Waals surface area contributed by atoms with Gasteiger partial charge in [-0.2, -0.15) is 0 Å². The minimum atomic E-state index is -0.325. The molecule has 144 valence electrons. The molecule has 1 aliphatic rings. The molecule has 1 unspecified atom stereocenters. The molecule has 0 aliphatic carbocycles. The quantitative estimate of drug-likeness (QED) is 0.647. The maximum Gasteiger partial charge on any atom is 0.323 e. The average Bonchev–Trinajstić information content (AvgIpc) is 2.74. The number of benzene rings is 2. The van der Waals surface area contributed by atoms with Crippen LogP contribution in [0, 0.1) is 5.82 Å².